The molecule has 3 rings (SSSR count). The van der Waals surface area contributed by atoms with Crippen molar-refractivity contribution in [2.24, 2.45) is 5.92 Å². The van der Waals surface area contributed by atoms with Crippen molar-refractivity contribution in [3.63, 3.8) is 0 Å². The zero-order chi connectivity index (χ0) is 18.0. The van der Waals surface area contributed by atoms with Gasteiger partial charge in [-0.05, 0) is 50.6 Å². The number of carbonyl (C=O) groups excluding carboxylic acids is 2. The molecular weight excluding hydrogens is 354 g/mol. The van der Waals surface area contributed by atoms with Crippen molar-refractivity contribution in [2.75, 3.05) is 38.7 Å². The van der Waals surface area contributed by atoms with Crippen LogP contribution in [0.5, 0.6) is 5.75 Å². The van der Waals surface area contributed by atoms with Crippen LogP contribution in [-0.4, -0.2) is 56.5 Å². The van der Waals surface area contributed by atoms with Crippen molar-refractivity contribution in [1.29, 1.82) is 0 Å². The number of aryl methyl sites for hydroxylation is 1. The van der Waals surface area contributed by atoms with Gasteiger partial charge in [-0.3, -0.25) is 9.59 Å². The molecule has 2 saturated heterocycles. The van der Waals surface area contributed by atoms with Crippen LogP contribution in [-0.2, 0) is 9.59 Å². The maximum atomic E-state index is 12.9. The fraction of sp³-hybridized carbons (Fsp3) is 0.579. The third kappa shape index (κ3) is 4.13. The number of ether oxygens (including phenoxy) is 1. The summed E-state index contributed by atoms with van der Waals surface area (Å²) >= 11 is 0. The average molecular weight is 382 g/mol. The van der Waals surface area contributed by atoms with Crippen LogP contribution in [0.1, 0.15) is 24.8 Å². The first-order valence-corrected chi connectivity index (χ1v) is 8.93. The Morgan fingerprint density at radius 1 is 1.31 bits per heavy atom. The molecule has 1 N–H and O–H groups in total. The fourth-order valence-electron chi connectivity index (χ4n) is 3.78. The molecule has 0 aromatic heterocycles. The molecule has 2 amide bonds. The number of halogens is 1. The smallest absolute Gasteiger partial charge is 0.228 e. The number of carbonyl (C=O) groups is 2. The van der Waals surface area contributed by atoms with Crippen molar-refractivity contribution in [3.05, 3.63) is 23.8 Å². The molecule has 0 spiro atoms. The molecule has 2 aliphatic rings. The number of piperidine rings is 1. The largest absolute Gasteiger partial charge is 0.495 e. The van der Waals surface area contributed by atoms with Gasteiger partial charge in [-0.15, -0.1) is 12.4 Å². The molecule has 7 heteroatoms. The maximum Gasteiger partial charge on any atom is 0.228 e. The summed E-state index contributed by atoms with van der Waals surface area (Å²) in [6.45, 7) is 4.29. The Morgan fingerprint density at radius 2 is 2.00 bits per heavy atom. The number of rotatable bonds is 4. The van der Waals surface area contributed by atoms with Crippen LogP contribution in [0, 0.1) is 12.8 Å². The van der Waals surface area contributed by atoms with E-state index in [-0.39, 0.29) is 42.6 Å². The van der Waals surface area contributed by atoms with Crippen LogP contribution in [0.15, 0.2) is 18.2 Å². The van der Waals surface area contributed by atoms with Gasteiger partial charge >= 0.3 is 0 Å². The average Bonchev–Trinajstić information content (AvgIpc) is 3.02. The van der Waals surface area contributed by atoms with E-state index >= 15 is 0 Å². The summed E-state index contributed by atoms with van der Waals surface area (Å²) in [5.74, 6) is 0.451. The van der Waals surface area contributed by atoms with Crippen LogP contribution in [0.2, 0.25) is 0 Å². The van der Waals surface area contributed by atoms with Gasteiger partial charge in [0.25, 0.3) is 0 Å². The third-order valence-corrected chi connectivity index (χ3v) is 5.30. The molecule has 0 bridgehead atoms. The molecule has 6 nitrogen and oxygen atoms in total. The van der Waals surface area contributed by atoms with Gasteiger partial charge in [-0.1, -0.05) is 6.07 Å². The minimum atomic E-state index is -0.280. The number of anilines is 1. The second kappa shape index (κ2) is 8.73. The normalized spacial score (nSPS) is 20.7. The third-order valence-electron chi connectivity index (χ3n) is 5.30. The molecule has 0 aliphatic carbocycles. The van der Waals surface area contributed by atoms with Crippen LogP contribution < -0.4 is 15.0 Å². The lowest BCUT2D eigenvalue weighted by atomic mass is 10.0. The van der Waals surface area contributed by atoms with Gasteiger partial charge in [0.15, 0.2) is 0 Å². The Kier molecular flexibility index (Phi) is 6.89. The lowest BCUT2D eigenvalue weighted by Gasteiger charge is -2.33. The van der Waals surface area contributed by atoms with Gasteiger partial charge in [-0.25, -0.2) is 0 Å². The maximum absolute atomic E-state index is 12.9. The van der Waals surface area contributed by atoms with Gasteiger partial charge in [-0.2, -0.15) is 0 Å². The fourth-order valence-corrected chi connectivity index (χ4v) is 3.78. The molecular formula is C19H28ClN3O3. The summed E-state index contributed by atoms with van der Waals surface area (Å²) in [7, 11) is 3.47. The van der Waals surface area contributed by atoms with Crippen LogP contribution in [0.25, 0.3) is 0 Å². The summed E-state index contributed by atoms with van der Waals surface area (Å²) in [5, 5.41) is 3.32. The molecule has 2 fully saturated rings. The summed E-state index contributed by atoms with van der Waals surface area (Å²) in [4.78, 5) is 29.0. The van der Waals surface area contributed by atoms with Crippen molar-refractivity contribution < 1.29 is 14.3 Å². The van der Waals surface area contributed by atoms with E-state index in [0.29, 0.717) is 12.3 Å². The first-order valence-electron chi connectivity index (χ1n) is 8.93. The summed E-state index contributed by atoms with van der Waals surface area (Å²) in [6.07, 6.45) is 2.21. The van der Waals surface area contributed by atoms with E-state index in [2.05, 4.69) is 5.32 Å². The van der Waals surface area contributed by atoms with E-state index in [1.54, 1.807) is 12.0 Å². The summed E-state index contributed by atoms with van der Waals surface area (Å²) in [5.41, 5.74) is 1.82. The van der Waals surface area contributed by atoms with Gasteiger partial charge in [0, 0.05) is 26.1 Å². The summed E-state index contributed by atoms with van der Waals surface area (Å²) < 4.78 is 5.40. The van der Waals surface area contributed by atoms with Crippen molar-refractivity contribution in [3.8, 4) is 5.75 Å². The highest BCUT2D eigenvalue weighted by Crippen LogP contribution is 2.34. The van der Waals surface area contributed by atoms with Gasteiger partial charge in [0.05, 0.1) is 18.7 Å². The Bertz CT molecular complexity index is 661. The zero-order valence-corrected chi connectivity index (χ0v) is 16.5. The SMILES string of the molecule is COc1ccc(C)cc1N1CC(C(=O)N(C)C2CCNCC2)CC1=O.Cl. The molecule has 1 aromatic carbocycles. The molecule has 1 atom stereocenters. The Balaban J connectivity index is 0.00000243. The molecule has 1 aromatic rings. The van der Waals surface area contributed by atoms with Crippen LogP contribution in [0.4, 0.5) is 5.69 Å². The van der Waals surface area contributed by atoms with E-state index < -0.39 is 0 Å². The standard InChI is InChI=1S/C19H27N3O3.ClH/c1-13-4-5-17(25-3)16(10-13)22-12-14(11-18(22)23)19(24)21(2)15-6-8-20-9-7-15;/h4-5,10,14-15,20H,6-9,11-12H2,1-3H3;1H. The molecule has 1 unspecified atom stereocenters. The minimum absolute atomic E-state index is 0. The number of amides is 2. The van der Waals surface area contributed by atoms with E-state index in [9.17, 15) is 9.59 Å². The van der Waals surface area contributed by atoms with Gasteiger partial charge < -0.3 is 19.9 Å². The first-order chi connectivity index (χ1) is 12.0. The molecule has 144 valence electrons. The van der Waals surface area contributed by atoms with Gasteiger partial charge in [0.2, 0.25) is 11.8 Å². The number of benzene rings is 1. The lowest BCUT2D eigenvalue weighted by Crippen LogP contribution is -2.46. The van der Waals surface area contributed by atoms with Crippen LogP contribution >= 0.6 is 12.4 Å². The Morgan fingerprint density at radius 3 is 2.65 bits per heavy atom. The van der Waals surface area contributed by atoms with E-state index in [0.717, 1.165) is 37.2 Å². The number of hydrogen-bond donors (Lipinski definition) is 1. The number of nitrogens with one attached hydrogen (secondary N) is 1. The second-order valence-electron chi connectivity index (χ2n) is 7.01. The highest BCUT2D eigenvalue weighted by atomic mass is 35.5. The van der Waals surface area contributed by atoms with Crippen molar-refractivity contribution in [2.45, 2.75) is 32.2 Å². The van der Waals surface area contributed by atoms with Crippen LogP contribution in [0.3, 0.4) is 0 Å². The van der Waals surface area contributed by atoms with Gasteiger partial charge in [0.1, 0.15) is 5.75 Å². The quantitative estimate of drug-likeness (QED) is 0.866. The predicted molar refractivity (Wildman–Crippen MR) is 104 cm³/mol. The highest BCUT2D eigenvalue weighted by molar-refractivity contribution is 6.01. The molecule has 26 heavy (non-hydrogen) atoms. The summed E-state index contributed by atoms with van der Waals surface area (Å²) in [6, 6.07) is 6.04. The van der Waals surface area contributed by atoms with Crippen molar-refractivity contribution in [1.82, 2.24) is 10.2 Å². The zero-order valence-electron chi connectivity index (χ0n) is 15.7. The van der Waals surface area contributed by atoms with E-state index in [1.807, 2.05) is 37.1 Å². The first kappa shape index (κ1) is 20.5. The highest BCUT2D eigenvalue weighted by Gasteiger charge is 2.38. The Hall–Kier alpha value is -1.79. The lowest BCUT2D eigenvalue weighted by molar-refractivity contribution is -0.137. The molecule has 0 radical (unpaired) electrons. The van der Waals surface area contributed by atoms with E-state index in [4.69, 9.17) is 4.74 Å². The molecule has 0 saturated carbocycles. The predicted octanol–water partition coefficient (Wildman–Crippen LogP) is 1.99. The topological polar surface area (TPSA) is 61.9 Å². The van der Waals surface area contributed by atoms with Crippen molar-refractivity contribution >= 4 is 29.9 Å². The number of hydrogen-bond acceptors (Lipinski definition) is 4. The van der Waals surface area contributed by atoms with E-state index in [1.165, 1.54) is 0 Å². The Labute approximate surface area is 161 Å². The monoisotopic (exact) mass is 381 g/mol. The second-order valence-corrected chi connectivity index (χ2v) is 7.01. The minimum Gasteiger partial charge on any atom is -0.495 e. The number of methoxy groups -OCH3 is 1. The molecule has 2 heterocycles. The molecule has 2 aliphatic heterocycles. The number of nitrogens with zero attached hydrogens (tertiary/aromatic N) is 2.